The number of rotatable bonds is 6. The number of nitrogens with zero attached hydrogens (tertiary/aromatic N) is 4. The van der Waals surface area contributed by atoms with Crippen molar-refractivity contribution in [3.8, 4) is 5.88 Å². The van der Waals surface area contributed by atoms with E-state index in [1.807, 2.05) is 6.92 Å². The van der Waals surface area contributed by atoms with Gasteiger partial charge in [0.15, 0.2) is 0 Å². The molecule has 0 saturated carbocycles. The van der Waals surface area contributed by atoms with Crippen molar-refractivity contribution in [1.82, 2.24) is 19.5 Å². The summed E-state index contributed by atoms with van der Waals surface area (Å²) in [6.07, 6.45) is 0. The van der Waals surface area contributed by atoms with Crippen molar-refractivity contribution in [2.45, 2.75) is 26.8 Å². The summed E-state index contributed by atoms with van der Waals surface area (Å²) in [5, 5.41) is 26.4. The molecule has 1 atom stereocenters. The smallest absolute Gasteiger partial charge is 0.230 e. The fraction of sp³-hybridized carbons (Fsp3) is 0.467. The topological polar surface area (TPSA) is 73.9 Å². The van der Waals surface area contributed by atoms with Crippen molar-refractivity contribution in [1.29, 1.82) is 0 Å². The van der Waals surface area contributed by atoms with Crippen molar-refractivity contribution in [2.75, 3.05) is 19.7 Å². The van der Waals surface area contributed by atoms with Gasteiger partial charge in [-0.2, -0.15) is 4.52 Å². The lowest BCUT2D eigenvalue weighted by Crippen LogP contribution is -2.31. The lowest BCUT2D eigenvalue weighted by atomic mass is 10.1. The number of fused-ring (bicyclic) bond motifs is 1. The summed E-state index contributed by atoms with van der Waals surface area (Å²) in [7, 11) is 0. The molecule has 0 fully saturated rings. The van der Waals surface area contributed by atoms with E-state index in [1.165, 1.54) is 26.3 Å². The van der Waals surface area contributed by atoms with Gasteiger partial charge in [0.05, 0.1) is 17.5 Å². The first-order chi connectivity index (χ1) is 11.1. The van der Waals surface area contributed by atoms with E-state index in [1.54, 1.807) is 11.3 Å². The van der Waals surface area contributed by atoms with Crippen molar-refractivity contribution >= 4 is 27.6 Å². The van der Waals surface area contributed by atoms with E-state index < -0.39 is 0 Å². The number of likely N-dealkylation sites (N-methyl/N-ethyl adjacent to an activating group) is 1. The third kappa shape index (κ3) is 2.87. The Kier molecular flexibility index (Phi) is 4.67. The van der Waals surface area contributed by atoms with Gasteiger partial charge in [-0.05, 0) is 37.4 Å². The van der Waals surface area contributed by atoms with Crippen LogP contribution in [0.1, 0.15) is 34.1 Å². The molecule has 124 valence electrons. The Morgan fingerprint density at radius 2 is 2.13 bits per heavy atom. The largest absolute Gasteiger partial charge is 0.492 e. The van der Waals surface area contributed by atoms with E-state index >= 15 is 0 Å². The van der Waals surface area contributed by atoms with Crippen LogP contribution in [0.4, 0.5) is 0 Å². The number of aromatic hydroxyl groups is 1. The maximum atomic E-state index is 10.7. The molecule has 6 nitrogen and oxygen atoms in total. The molecule has 0 radical (unpaired) electrons. The van der Waals surface area contributed by atoms with Gasteiger partial charge in [0, 0.05) is 11.4 Å². The Morgan fingerprint density at radius 3 is 2.70 bits per heavy atom. The van der Waals surface area contributed by atoms with Crippen LogP contribution in [0.2, 0.25) is 0 Å². The van der Waals surface area contributed by atoms with Gasteiger partial charge in [0.2, 0.25) is 10.8 Å². The van der Waals surface area contributed by atoms with Gasteiger partial charge in [-0.3, -0.25) is 4.90 Å². The third-order valence-electron chi connectivity index (χ3n) is 3.86. The Bertz CT molecular complexity index is 808. The van der Waals surface area contributed by atoms with Crippen molar-refractivity contribution in [3.05, 3.63) is 32.6 Å². The minimum absolute atomic E-state index is 0.0788. The molecular formula is C15H20N4O2S2. The number of thiazole rings is 1. The van der Waals surface area contributed by atoms with Gasteiger partial charge in [-0.25, -0.2) is 4.98 Å². The zero-order valence-corrected chi connectivity index (χ0v) is 15.0. The van der Waals surface area contributed by atoms with Crippen LogP contribution in [0.15, 0.2) is 11.4 Å². The Hall–Kier alpha value is -1.48. The predicted molar refractivity (Wildman–Crippen MR) is 92.5 cm³/mol. The predicted octanol–water partition coefficient (Wildman–Crippen LogP) is 2.58. The third-order valence-corrected chi connectivity index (χ3v) is 6.01. The van der Waals surface area contributed by atoms with Crippen LogP contribution in [0, 0.1) is 13.8 Å². The first-order valence-electron chi connectivity index (χ1n) is 7.50. The number of hydrogen-bond donors (Lipinski definition) is 2. The van der Waals surface area contributed by atoms with E-state index in [4.69, 9.17) is 0 Å². The molecule has 0 bridgehead atoms. The lowest BCUT2D eigenvalue weighted by molar-refractivity contribution is 0.175. The molecule has 0 aliphatic carbocycles. The van der Waals surface area contributed by atoms with Gasteiger partial charge < -0.3 is 10.2 Å². The van der Waals surface area contributed by atoms with E-state index in [2.05, 4.69) is 40.3 Å². The second kappa shape index (κ2) is 6.56. The summed E-state index contributed by atoms with van der Waals surface area (Å²) in [6.45, 7) is 7.34. The summed E-state index contributed by atoms with van der Waals surface area (Å²) in [4.78, 5) is 9.21. The van der Waals surface area contributed by atoms with Crippen LogP contribution in [-0.4, -0.2) is 49.4 Å². The summed E-state index contributed by atoms with van der Waals surface area (Å²) < 4.78 is 1.50. The summed E-state index contributed by atoms with van der Waals surface area (Å²) in [5.41, 5.74) is 1.19. The fourth-order valence-corrected chi connectivity index (χ4v) is 5.03. The average molecular weight is 352 g/mol. The summed E-state index contributed by atoms with van der Waals surface area (Å²) in [6, 6.07) is 1.98. The first-order valence-corrected chi connectivity index (χ1v) is 9.20. The van der Waals surface area contributed by atoms with Crippen molar-refractivity contribution < 1.29 is 10.2 Å². The number of thiophene rings is 1. The fourth-order valence-electron chi connectivity index (χ4n) is 2.74. The maximum Gasteiger partial charge on any atom is 0.230 e. The molecule has 0 amide bonds. The SMILES string of the molecule is CCN(CCO)C(c1sccc1C)c1sc2nc(C)nn2c1O. The van der Waals surface area contributed by atoms with Gasteiger partial charge in [0.25, 0.3) is 0 Å². The van der Waals surface area contributed by atoms with Crippen LogP contribution in [0.25, 0.3) is 4.96 Å². The average Bonchev–Trinajstić information content (AvgIpc) is 3.17. The van der Waals surface area contributed by atoms with E-state index in [0.29, 0.717) is 17.3 Å². The molecule has 1 unspecified atom stereocenters. The highest BCUT2D eigenvalue weighted by Gasteiger charge is 2.30. The number of aliphatic hydroxyl groups excluding tert-OH is 1. The minimum Gasteiger partial charge on any atom is -0.492 e. The molecule has 0 saturated heterocycles. The number of aliphatic hydroxyl groups is 1. The number of aromatic nitrogens is 3. The second-order valence-electron chi connectivity index (χ2n) is 5.37. The summed E-state index contributed by atoms with van der Waals surface area (Å²) >= 11 is 3.12. The number of hydrogen-bond acceptors (Lipinski definition) is 7. The zero-order valence-electron chi connectivity index (χ0n) is 13.4. The van der Waals surface area contributed by atoms with Crippen LogP contribution < -0.4 is 0 Å². The van der Waals surface area contributed by atoms with E-state index in [9.17, 15) is 10.2 Å². The summed E-state index contributed by atoms with van der Waals surface area (Å²) in [5.74, 6) is 0.782. The molecular weight excluding hydrogens is 332 g/mol. The molecule has 3 aromatic rings. The quantitative estimate of drug-likeness (QED) is 0.713. The van der Waals surface area contributed by atoms with Gasteiger partial charge in [-0.1, -0.05) is 18.3 Å². The highest BCUT2D eigenvalue weighted by molar-refractivity contribution is 7.17. The standard InChI is InChI=1S/C15H20N4O2S2/c1-4-18(6-7-20)11(12-9(2)5-8-22-12)13-14(21)19-15(23-13)16-10(3)17-19/h5,8,11,20-21H,4,6-7H2,1-3H3. The second-order valence-corrected chi connectivity index (χ2v) is 7.32. The molecule has 2 N–H and O–H groups in total. The monoisotopic (exact) mass is 352 g/mol. The van der Waals surface area contributed by atoms with E-state index in [-0.39, 0.29) is 18.5 Å². The van der Waals surface area contributed by atoms with Crippen LogP contribution >= 0.6 is 22.7 Å². The first kappa shape index (κ1) is 16.4. The van der Waals surface area contributed by atoms with Gasteiger partial charge >= 0.3 is 0 Å². The van der Waals surface area contributed by atoms with Crippen LogP contribution in [0.3, 0.4) is 0 Å². The minimum atomic E-state index is -0.0963. The van der Waals surface area contributed by atoms with Crippen LogP contribution in [0.5, 0.6) is 5.88 Å². The van der Waals surface area contributed by atoms with Crippen molar-refractivity contribution in [3.63, 3.8) is 0 Å². The molecule has 0 aromatic carbocycles. The normalized spacial score (nSPS) is 13.3. The van der Waals surface area contributed by atoms with Gasteiger partial charge in [0.1, 0.15) is 5.82 Å². The lowest BCUT2D eigenvalue weighted by Gasteiger charge is -2.29. The van der Waals surface area contributed by atoms with Crippen LogP contribution in [-0.2, 0) is 0 Å². The molecule has 3 rings (SSSR count). The zero-order chi connectivity index (χ0) is 16.6. The Labute approximate surface area is 142 Å². The molecule has 3 heterocycles. The molecule has 3 aromatic heterocycles. The Balaban J connectivity index is 2.14. The Morgan fingerprint density at radius 1 is 1.35 bits per heavy atom. The maximum absolute atomic E-state index is 10.7. The highest BCUT2D eigenvalue weighted by Crippen LogP contribution is 2.42. The van der Waals surface area contributed by atoms with Crippen molar-refractivity contribution in [2.24, 2.45) is 0 Å². The molecule has 8 heteroatoms. The molecule has 0 spiro atoms. The van der Waals surface area contributed by atoms with Gasteiger partial charge in [-0.15, -0.1) is 16.4 Å². The number of aryl methyl sites for hydroxylation is 2. The highest BCUT2D eigenvalue weighted by atomic mass is 32.1. The molecule has 0 aliphatic rings. The molecule has 0 aliphatic heterocycles. The van der Waals surface area contributed by atoms with E-state index in [0.717, 1.165) is 11.4 Å². The molecule has 23 heavy (non-hydrogen) atoms.